The van der Waals surface area contributed by atoms with Gasteiger partial charge in [-0.05, 0) is 18.2 Å². The predicted molar refractivity (Wildman–Crippen MR) is 104 cm³/mol. The van der Waals surface area contributed by atoms with Crippen LogP contribution in [0.5, 0.6) is 5.75 Å². The van der Waals surface area contributed by atoms with Gasteiger partial charge in [0.2, 0.25) is 5.91 Å². The fourth-order valence-electron chi connectivity index (χ4n) is 2.38. The number of hydrogen-bond acceptors (Lipinski definition) is 6. The average molecular weight is 401 g/mol. The molecule has 0 spiro atoms. The summed E-state index contributed by atoms with van der Waals surface area (Å²) >= 11 is 1.02. The van der Waals surface area contributed by atoms with Crippen molar-refractivity contribution in [1.29, 1.82) is 0 Å². The summed E-state index contributed by atoms with van der Waals surface area (Å²) in [4.78, 5) is 22.4. The molecule has 2 aromatic rings. The predicted octanol–water partition coefficient (Wildman–Crippen LogP) is 2.80. The number of carboxylic acid groups (broad SMARTS) is 1. The Balaban J connectivity index is 1.65. The number of para-hydroxylation sites is 1. The van der Waals surface area contributed by atoms with Crippen molar-refractivity contribution in [3.05, 3.63) is 65.5 Å². The molecule has 0 radical (unpaired) electrons. The van der Waals surface area contributed by atoms with Crippen molar-refractivity contribution in [2.24, 2.45) is 10.2 Å². The summed E-state index contributed by atoms with van der Waals surface area (Å²) < 4.78 is 19.4. The summed E-state index contributed by atoms with van der Waals surface area (Å²) in [6.45, 7) is 0.0643. The zero-order chi connectivity index (χ0) is 19.9. The van der Waals surface area contributed by atoms with Gasteiger partial charge in [-0.25, -0.2) is 4.39 Å². The topological polar surface area (TPSA) is 100 Å². The van der Waals surface area contributed by atoms with Crippen molar-refractivity contribution in [2.45, 2.75) is 18.3 Å². The molecule has 2 N–H and O–H groups in total. The van der Waals surface area contributed by atoms with Crippen LogP contribution in [0.15, 0.2) is 58.7 Å². The third kappa shape index (κ3) is 5.17. The van der Waals surface area contributed by atoms with Crippen LogP contribution in [-0.4, -0.2) is 33.6 Å². The summed E-state index contributed by atoms with van der Waals surface area (Å²) in [5, 5.41) is 18.6. The van der Waals surface area contributed by atoms with Crippen LogP contribution < -0.4 is 10.1 Å². The molecule has 3 rings (SSSR count). The molecule has 0 aliphatic carbocycles. The first-order valence-electron chi connectivity index (χ1n) is 8.28. The van der Waals surface area contributed by atoms with Gasteiger partial charge in [0, 0.05) is 11.1 Å². The normalized spacial score (nSPS) is 17.8. The number of hydrogen-bond donors (Lipinski definition) is 2. The number of carboxylic acids is 1. The van der Waals surface area contributed by atoms with Gasteiger partial charge < -0.3 is 15.2 Å². The average Bonchev–Trinajstić information content (AvgIpc) is 3.00. The second-order valence-corrected chi connectivity index (χ2v) is 6.95. The molecule has 0 aromatic heterocycles. The van der Waals surface area contributed by atoms with E-state index in [2.05, 4.69) is 15.5 Å². The molecule has 7 nitrogen and oxygen atoms in total. The van der Waals surface area contributed by atoms with Crippen LogP contribution in [0, 0.1) is 5.82 Å². The number of halogens is 1. The Hall–Kier alpha value is -3.20. The number of carbonyl (C=O) groups is 2. The van der Waals surface area contributed by atoms with E-state index in [1.165, 1.54) is 12.3 Å². The lowest BCUT2D eigenvalue weighted by Gasteiger charge is -2.09. The van der Waals surface area contributed by atoms with E-state index in [-0.39, 0.29) is 24.0 Å². The van der Waals surface area contributed by atoms with E-state index in [0.29, 0.717) is 16.9 Å². The summed E-state index contributed by atoms with van der Waals surface area (Å²) in [6.07, 6.45) is 1.16. The van der Waals surface area contributed by atoms with Gasteiger partial charge in [-0.1, -0.05) is 42.1 Å². The van der Waals surface area contributed by atoms with Crippen LogP contribution in [0.2, 0.25) is 0 Å². The first-order valence-corrected chi connectivity index (χ1v) is 9.16. The van der Waals surface area contributed by atoms with Gasteiger partial charge in [0.25, 0.3) is 0 Å². The number of amidine groups is 1. The Morgan fingerprint density at radius 3 is 2.79 bits per heavy atom. The number of thioether (sulfide) groups is 1. The Morgan fingerprint density at radius 1 is 1.25 bits per heavy atom. The van der Waals surface area contributed by atoms with Gasteiger partial charge in [-0.15, -0.1) is 5.10 Å². The van der Waals surface area contributed by atoms with E-state index < -0.39 is 17.1 Å². The van der Waals surface area contributed by atoms with Crippen molar-refractivity contribution in [3.8, 4) is 5.75 Å². The highest BCUT2D eigenvalue weighted by Gasteiger charge is 2.32. The van der Waals surface area contributed by atoms with Gasteiger partial charge in [0.05, 0.1) is 12.6 Å². The number of amides is 1. The summed E-state index contributed by atoms with van der Waals surface area (Å²) in [5.74, 6) is -1.31. The lowest BCUT2D eigenvalue weighted by Crippen LogP contribution is -2.26. The smallest absolute Gasteiger partial charge is 0.305 e. The zero-order valence-electron chi connectivity index (χ0n) is 14.5. The van der Waals surface area contributed by atoms with Crippen LogP contribution in [-0.2, 0) is 16.2 Å². The van der Waals surface area contributed by atoms with Crippen LogP contribution in [0.3, 0.4) is 0 Å². The molecule has 1 unspecified atom stereocenters. The van der Waals surface area contributed by atoms with Crippen LogP contribution >= 0.6 is 11.8 Å². The molecule has 28 heavy (non-hydrogen) atoms. The zero-order valence-corrected chi connectivity index (χ0v) is 15.4. The van der Waals surface area contributed by atoms with Crippen molar-refractivity contribution in [1.82, 2.24) is 5.32 Å². The van der Waals surface area contributed by atoms with E-state index in [0.717, 1.165) is 11.8 Å². The van der Waals surface area contributed by atoms with E-state index in [1.807, 2.05) is 0 Å². The van der Waals surface area contributed by atoms with E-state index in [1.54, 1.807) is 42.5 Å². The van der Waals surface area contributed by atoms with Gasteiger partial charge in [0.15, 0.2) is 5.17 Å². The molecule has 2 aromatic carbocycles. The quantitative estimate of drug-likeness (QED) is 0.549. The highest BCUT2D eigenvalue weighted by molar-refractivity contribution is 8.15. The molecule has 1 aliphatic heterocycles. The maximum absolute atomic E-state index is 13.7. The molecule has 1 atom stereocenters. The van der Waals surface area contributed by atoms with Crippen LogP contribution in [0.25, 0.3) is 0 Å². The number of rotatable bonds is 7. The Bertz CT molecular complexity index is 948. The van der Waals surface area contributed by atoms with Gasteiger partial charge in [-0.2, -0.15) is 5.10 Å². The summed E-state index contributed by atoms with van der Waals surface area (Å²) in [5.41, 5.74) is 1.06. The molecule has 1 heterocycles. The molecular formula is C19H16FN3O4S. The van der Waals surface area contributed by atoms with Crippen molar-refractivity contribution in [3.63, 3.8) is 0 Å². The minimum atomic E-state index is -1.06. The van der Waals surface area contributed by atoms with Crippen molar-refractivity contribution >= 4 is 35.0 Å². The summed E-state index contributed by atoms with van der Waals surface area (Å²) in [6, 6.07) is 13.4. The largest absolute Gasteiger partial charge is 0.488 e. The molecule has 9 heteroatoms. The first kappa shape index (κ1) is 19.6. The molecule has 144 valence electrons. The molecule has 0 saturated carbocycles. The van der Waals surface area contributed by atoms with Crippen molar-refractivity contribution < 1.29 is 23.8 Å². The second kappa shape index (κ2) is 9.14. The lowest BCUT2D eigenvalue weighted by molar-refractivity contribution is -0.138. The molecule has 1 aliphatic rings. The number of nitrogens with one attached hydrogen (secondary N) is 1. The van der Waals surface area contributed by atoms with E-state index in [4.69, 9.17) is 9.84 Å². The number of nitrogens with zero attached hydrogens (tertiary/aromatic N) is 2. The molecule has 1 fully saturated rings. The molecule has 0 bridgehead atoms. The number of benzene rings is 2. The minimum Gasteiger partial charge on any atom is -0.488 e. The standard InChI is InChI=1S/C19H16FN3O4S/c20-14-7-3-1-6-13(14)11-27-15-8-4-2-5-12(15)10-21-23-19-22-18(26)16(28-19)9-17(24)25/h1-8,10,16H,9,11H2,(H,24,25)(H,22,23,26). The molecule has 1 amide bonds. The Morgan fingerprint density at radius 2 is 2.00 bits per heavy atom. The van der Waals surface area contributed by atoms with Gasteiger partial charge in [-0.3, -0.25) is 9.59 Å². The fourth-order valence-corrected chi connectivity index (χ4v) is 3.29. The van der Waals surface area contributed by atoms with E-state index in [9.17, 15) is 14.0 Å². The number of carbonyl (C=O) groups excluding carboxylic acids is 1. The SMILES string of the molecule is O=C(O)CC1SC(=NN=Cc2ccccc2OCc2ccccc2F)NC1=O. The monoisotopic (exact) mass is 401 g/mol. The van der Waals surface area contributed by atoms with Crippen LogP contribution in [0.4, 0.5) is 4.39 Å². The lowest BCUT2D eigenvalue weighted by atomic mass is 10.2. The molecule has 1 saturated heterocycles. The highest BCUT2D eigenvalue weighted by atomic mass is 32.2. The fraction of sp³-hybridized carbons (Fsp3) is 0.158. The maximum Gasteiger partial charge on any atom is 0.305 e. The molecular weight excluding hydrogens is 385 g/mol. The Labute approximate surface area is 164 Å². The summed E-state index contributed by atoms with van der Waals surface area (Å²) in [7, 11) is 0. The van der Waals surface area contributed by atoms with E-state index >= 15 is 0 Å². The van der Waals surface area contributed by atoms with Crippen molar-refractivity contribution in [2.75, 3.05) is 0 Å². The van der Waals surface area contributed by atoms with Gasteiger partial charge >= 0.3 is 5.97 Å². The van der Waals surface area contributed by atoms with Gasteiger partial charge in [0.1, 0.15) is 23.4 Å². The third-order valence-electron chi connectivity index (χ3n) is 3.74. The highest BCUT2D eigenvalue weighted by Crippen LogP contribution is 2.23. The second-order valence-electron chi connectivity index (χ2n) is 5.76. The van der Waals surface area contributed by atoms with Crippen LogP contribution in [0.1, 0.15) is 17.5 Å². The number of ether oxygens (including phenoxy) is 1. The number of aliphatic carboxylic acids is 1. The minimum absolute atomic E-state index is 0.0643. The third-order valence-corrected chi connectivity index (χ3v) is 4.81. The first-order chi connectivity index (χ1) is 13.5. The Kier molecular flexibility index (Phi) is 6.38. The maximum atomic E-state index is 13.7.